The van der Waals surface area contributed by atoms with Gasteiger partial charge in [-0.1, -0.05) is 13.8 Å². The molecule has 1 aliphatic rings. The molecule has 0 aromatic carbocycles. The zero-order valence-electron chi connectivity index (χ0n) is 7.38. The second kappa shape index (κ2) is 3.60. The summed E-state index contributed by atoms with van der Waals surface area (Å²) in [5, 5.41) is 0. The smallest absolute Gasteiger partial charge is 0.191 e. The molecule has 0 aromatic heterocycles. The Bertz CT molecular complexity index is 147. The molecule has 1 heterocycles. The zero-order chi connectivity index (χ0) is 8.27. The van der Waals surface area contributed by atoms with E-state index < -0.39 is 0 Å². The highest BCUT2D eigenvalue weighted by molar-refractivity contribution is 5.78. The predicted octanol–water partition coefficient (Wildman–Crippen LogP) is 0.663. The van der Waals surface area contributed by atoms with Gasteiger partial charge in [-0.15, -0.1) is 0 Å². The summed E-state index contributed by atoms with van der Waals surface area (Å²) in [6.07, 6.45) is 1.26. The fourth-order valence-corrected chi connectivity index (χ4v) is 0.921. The molecule has 1 rings (SSSR count). The molecule has 1 saturated heterocycles. The Morgan fingerprint density at radius 2 is 2.18 bits per heavy atom. The highest BCUT2D eigenvalue weighted by Crippen LogP contribution is 2.04. The number of guanidine groups is 1. The molecular weight excluding hydrogens is 138 g/mol. The molecule has 1 fully saturated rings. The number of likely N-dealkylation sites (tertiary alicyclic amines) is 1. The molecule has 3 heteroatoms. The lowest BCUT2D eigenvalue weighted by molar-refractivity contribution is 0.295. The van der Waals surface area contributed by atoms with Crippen LogP contribution in [-0.4, -0.2) is 30.5 Å². The molecule has 0 spiro atoms. The Balaban J connectivity index is 2.26. The number of hydrogen-bond donors (Lipinski definition) is 1. The summed E-state index contributed by atoms with van der Waals surface area (Å²) in [6, 6.07) is 0. The van der Waals surface area contributed by atoms with Crippen LogP contribution in [0.3, 0.4) is 0 Å². The average molecular weight is 155 g/mol. The first-order chi connectivity index (χ1) is 5.20. The third-order valence-corrected chi connectivity index (χ3v) is 1.80. The largest absolute Gasteiger partial charge is 0.370 e. The predicted molar refractivity (Wildman–Crippen MR) is 47.5 cm³/mol. The van der Waals surface area contributed by atoms with Gasteiger partial charge in [0.05, 0.1) is 0 Å². The van der Waals surface area contributed by atoms with Gasteiger partial charge in [0, 0.05) is 19.6 Å². The maximum Gasteiger partial charge on any atom is 0.191 e. The molecule has 64 valence electrons. The lowest BCUT2D eigenvalue weighted by atomic mass is 10.2. The molecule has 2 N–H and O–H groups in total. The molecule has 0 aliphatic carbocycles. The van der Waals surface area contributed by atoms with Crippen LogP contribution in [0.4, 0.5) is 0 Å². The van der Waals surface area contributed by atoms with Crippen LogP contribution in [-0.2, 0) is 0 Å². The van der Waals surface area contributed by atoms with Crippen molar-refractivity contribution in [2.75, 3.05) is 19.6 Å². The first-order valence-corrected chi connectivity index (χ1v) is 4.25. The summed E-state index contributed by atoms with van der Waals surface area (Å²) in [4.78, 5) is 6.38. The van der Waals surface area contributed by atoms with Crippen LogP contribution in [0.1, 0.15) is 20.3 Å². The van der Waals surface area contributed by atoms with E-state index in [2.05, 4.69) is 23.7 Å². The Morgan fingerprint density at radius 1 is 1.55 bits per heavy atom. The minimum Gasteiger partial charge on any atom is -0.370 e. The quantitative estimate of drug-likeness (QED) is 0.470. The topological polar surface area (TPSA) is 41.6 Å². The number of rotatable bonds is 2. The number of nitrogens with zero attached hydrogens (tertiary/aromatic N) is 2. The van der Waals surface area contributed by atoms with Crippen LogP contribution in [0, 0.1) is 5.92 Å². The van der Waals surface area contributed by atoms with Gasteiger partial charge < -0.3 is 10.6 Å². The zero-order valence-corrected chi connectivity index (χ0v) is 7.38. The van der Waals surface area contributed by atoms with E-state index in [0.29, 0.717) is 5.92 Å². The number of nitrogens with two attached hydrogens (primary N) is 1. The lowest BCUT2D eigenvalue weighted by Crippen LogP contribution is -2.46. The first-order valence-electron chi connectivity index (χ1n) is 4.25. The second-order valence-electron chi connectivity index (χ2n) is 3.43. The maximum absolute atomic E-state index is 5.70. The highest BCUT2D eigenvalue weighted by Gasteiger charge is 2.14. The van der Waals surface area contributed by atoms with Crippen LogP contribution in [0.5, 0.6) is 0 Å². The van der Waals surface area contributed by atoms with E-state index in [4.69, 9.17) is 5.73 Å². The van der Waals surface area contributed by atoms with Crippen LogP contribution in [0.25, 0.3) is 0 Å². The molecule has 0 saturated carbocycles. The summed E-state index contributed by atoms with van der Waals surface area (Å²) >= 11 is 0. The SMILES string of the molecule is CC(C)CN=C(N)N1CCC1. The van der Waals surface area contributed by atoms with Gasteiger partial charge in [0.1, 0.15) is 0 Å². The molecule has 1 aliphatic heterocycles. The summed E-state index contributed by atoms with van der Waals surface area (Å²) in [6.45, 7) is 7.32. The van der Waals surface area contributed by atoms with Gasteiger partial charge in [-0.05, 0) is 12.3 Å². The van der Waals surface area contributed by atoms with Gasteiger partial charge in [-0.2, -0.15) is 0 Å². The van der Waals surface area contributed by atoms with E-state index in [0.717, 1.165) is 25.6 Å². The van der Waals surface area contributed by atoms with Crippen molar-refractivity contribution in [3.05, 3.63) is 0 Å². The Hall–Kier alpha value is -0.730. The van der Waals surface area contributed by atoms with Crippen molar-refractivity contribution < 1.29 is 0 Å². The van der Waals surface area contributed by atoms with Crippen molar-refractivity contribution in [2.45, 2.75) is 20.3 Å². The minimum absolute atomic E-state index is 0.606. The summed E-state index contributed by atoms with van der Waals surface area (Å²) < 4.78 is 0. The summed E-state index contributed by atoms with van der Waals surface area (Å²) in [5.41, 5.74) is 5.70. The van der Waals surface area contributed by atoms with Crippen molar-refractivity contribution in [2.24, 2.45) is 16.6 Å². The normalized spacial score (nSPS) is 18.8. The van der Waals surface area contributed by atoms with Gasteiger partial charge in [-0.3, -0.25) is 4.99 Å². The van der Waals surface area contributed by atoms with Crippen molar-refractivity contribution >= 4 is 5.96 Å². The fourth-order valence-electron chi connectivity index (χ4n) is 0.921. The lowest BCUT2D eigenvalue weighted by Gasteiger charge is -2.31. The van der Waals surface area contributed by atoms with Crippen molar-refractivity contribution in [3.63, 3.8) is 0 Å². The molecule has 0 aromatic rings. The van der Waals surface area contributed by atoms with Crippen LogP contribution in [0.2, 0.25) is 0 Å². The third-order valence-electron chi connectivity index (χ3n) is 1.80. The van der Waals surface area contributed by atoms with Gasteiger partial charge >= 0.3 is 0 Å². The van der Waals surface area contributed by atoms with E-state index in [-0.39, 0.29) is 0 Å². The van der Waals surface area contributed by atoms with Crippen molar-refractivity contribution in [1.82, 2.24) is 4.90 Å². The monoisotopic (exact) mass is 155 g/mol. The van der Waals surface area contributed by atoms with Gasteiger partial charge in [0.25, 0.3) is 0 Å². The summed E-state index contributed by atoms with van der Waals surface area (Å²) in [5.74, 6) is 1.33. The molecule has 3 nitrogen and oxygen atoms in total. The first kappa shape index (κ1) is 8.37. The molecule has 0 bridgehead atoms. The van der Waals surface area contributed by atoms with E-state index >= 15 is 0 Å². The van der Waals surface area contributed by atoms with Crippen molar-refractivity contribution in [3.8, 4) is 0 Å². The standard InChI is InChI=1S/C8H17N3/c1-7(2)6-10-8(9)11-4-3-5-11/h7H,3-6H2,1-2H3,(H2,9,10). The Morgan fingerprint density at radius 3 is 2.55 bits per heavy atom. The Labute approximate surface area is 68.3 Å². The molecule has 11 heavy (non-hydrogen) atoms. The number of hydrogen-bond acceptors (Lipinski definition) is 1. The van der Waals surface area contributed by atoms with Gasteiger partial charge in [0.15, 0.2) is 5.96 Å². The van der Waals surface area contributed by atoms with Crippen LogP contribution < -0.4 is 5.73 Å². The molecule has 0 amide bonds. The molecule has 0 unspecified atom stereocenters. The van der Waals surface area contributed by atoms with E-state index in [1.54, 1.807) is 0 Å². The highest BCUT2D eigenvalue weighted by atomic mass is 15.3. The number of aliphatic imine (C=N–C) groups is 1. The second-order valence-corrected chi connectivity index (χ2v) is 3.43. The third kappa shape index (κ3) is 2.41. The van der Waals surface area contributed by atoms with Crippen molar-refractivity contribution in [1.29, 1.82) is 0 Å². The van der Waals surface area contributed by atoms with E-state index in [1.807, 2.05) is 0 Å². The average Bonchev–Trinajstić information content (AvgIpc) is 1.79. The van der Waals surface area contributed by atoms with E-state index in [9.17, 15) is 0 Å². The van der Waals surface area contributed by atoms with Gasteiger partial charge in [-0.25, -0.2) is 0 Å². The minimum atomic E-state index is 0.606. The molecular formula is C8H17N3. The molecule has 0 atom stereocenters. The Kier molecular flexibility index (Phi) is 2.74. The van der Waals surface area contributed by atoms with Gasteiger partial charge in [0.2, 0.25) is 0 Å². The summed E-state index contributed by atoms with van der Waals surface area (Å²) in [7, 11) is 0. The van der Waals surface area contributed by atoms with E-state index in [1.165, 1.54) is 6.42 Å². The fraction of sp³-hybridized carbons (Fsp3) is 0.875. The maximum atomic E-state index is 5.70. The van der Waals surface area contributed by atoms with Crippen LogP contribution >= 0.6 is 0 Å². The van der Waals surface area contributed by atoms with Crippen LogP contribution in [0.15, 0.2) is 4.99 Å². The molecule has 0 radical (unpaired) electrons.